The molecule has 0 aliphatic carbocycles. The zero-order valence-corrected chi connectivity index (χ0v) is 16.5. The number of phenolic OH excluding ortho intramolecular Hbond substituents is 1. The number of fused-ring (bicyclic) bond motifs is 1. The molecule has 0 fully saturated rings. The Balaban J connectivity index is 2.18. The minimum absolute atomic E-state index is 0.0582. The molecule has 0 saturated carbocycles. The van der Waals surface area contributed by atoms with Crippen molar-refractivity contribution in [3.63, 3.8) is 0 Å². The maximum Gasteiger partial charge on any atom is 0.298 e. The second-order valence-electron chi connectivity index (χ2n) is 7.15. The number of hydrogen-bond donors (Lipinski definition) is 1. The highest BCUT2D eigenvalue weighted by Crippen LogP contribution is 2.52. The number of halogens is 1. The smallest absolute Gasteiger partial charge is 0.298 e. The van der Waals surface area contributed by atoms with Crippen molar-refractivity contribution in [1.29, 1.82) is 0 Å². The maximum absolute atomic E-state index is 14.4. The van der Waals surface area contributed by atoms with Gasteiger partial charge in [0, 0.05) is 11.1 Å². The van der Waals surface area contributed by atoms with E-state index in [2.05, 4.69) is 0 Å². The van der Waals surface area contributed by atoms with Crippen LogP contribution in [0.2, 0.25) is 0 Å². The van der Waals surface area contributed by atoms with E-state index in [1.165, 1.54) is 12.1 Å². The predicted molar refractivity (Wildman–Crippen MR) is 103 cm³/mol. The summed E-state index contributed by atoms with van der Waals surface area (Å²) in [6.07, 6.45) is 0. The minimum atomic E-state index is -4.06. The van der Waals surface area contributed by atoms with E-state index in [9.17, 15) is 17.9 Å². The molecule has 0 amide bonds. The van der Waals surface area contributed by atoms with Crippen molar-refractivity contribution in [3.8, 4) is 5.75 Å². The molecule has 0 radical (unpaired) electrons. The lowest BCUT2D eigenvalue weighted by Gasteiger charge is -2.32. The van der Waals surface area contributed by atoms with Crippen LogP contribution in [-0.4, -0.2) is 13.5 Å². The van der Waals surface area contributed by atoms with Gasteiger partial charge in [0.1, 0.15) is 4.90 Å². The fourth-order valence-electron chi connectivity index (χ4n) is 4.01. The van der Waals surface area contributed by atoms with E-state index >= 15 is 0 Å². The average Bonchev–Trinajstić information content (AvgIpc) is 2.87. The van der Waals surface area contributed by atoms with Gasteiger partial charge in [-0.1, -0.05) is 42.0 Å². The first-order chi connectivity index (χ1) is 13.2. The van der Waals surface area contributed by atoms with Gasteiger partial charge in [0.25, 0.3) is 10.1 Å². The van der Waals surface area contributed by atoms with Crippen molar-refractivity contribution in [2.75, 3.05) is 0 Å². The van der Waals surface area contributed by atoms with Gasteiger partial charge in [0.2, 0.25) is 0 Å². The lowest BCUT2D eigenvalue weighted by Crippen LogP contribution is -2.31. The van der Waals surface area contributed by atoms with Gasteiger partial charge in [-0.05, 0) is 55.7 Å². The Kier molecular flexibility index (Phi) is 4.10. The van der Waals surface area contributed by atoms with Gasteiger partial charge in [0.15, 0.2) is 17.2 Å². The van der Waals surface area contributed by atoms with E-state index in [4.69, 9.17) is 4.18 Å². The summed E-state index contributed by atoms with van der Waals surface area (Å²) in [7, 11) is -4.06. The molecule has 1 heterocycles. The Morgan fingerprint density at radius 2 is 1.57 bits per heavy atom. The van der Waals surface area contributed by atoms with Crippen LogP contribution in [0, 0.1) is 26.6 Å². The van der Waals surface area contributed by atoms with Crippen LogP contribution in [0.1, 0.15) is 33.4 Å². The monoisotopic (exact) mass is 398 g/mol. The summed E-state index contributed by atoms with van der Waals surface area (Å²) < 4.78 is 46.0. The largest absolute Gasteiger partial charge is 0.505 e. The van der Waals surface area contributed by atoms with Crippen LogP contribution in [0.5, 0.6) is 5.75 Å². The minimum Gasteiger partial charge on any atom is -0.505 e. The van der Waals surface area contributed by atoms with Crippen molar-refractivity contribution in [2.24, 2.45) is 0 Å². The molecule has 1 N–H and O–H groups in total. The third-order valence-electron chi connectivity index (χ3n) is 5.20. The molecular formula is C22H19FO4S. The molecule has 6 heteroatoms. The second-order valence-corrected chi connectivity index (χ2v) is 8.67. The van der Waals surface area contributed by atoms with Crippen LogP contribution in [0.3, 0.4) is 0 Å². The number of aromatic hydroxyl groups is 1. The first-order valence-electron chi connectivity index (χ1n) is 8.79. The van der Waals surface area contributed by atoms with Crippen molar-refractivity contribution in [1.82, 2.24) is 0 Å². The van der Waals surface area contributed by atoms with Gasteiger partial charge in [-0.3, -0.25) is 0 Å². The summed E-state index contributed by atoms with van der Waals surface area (Å²) >= 11 is 0. The third-order valence-corrected chi connectivity index (χ3v) is 6.57. The molecule has 0 aromatic heterocycles. The van der Waals surface area contributed by atoms with Crippen LogP contribution in [0.4, 0.5) is 4.39 Å². The van der Waals surface area contributed by atoms with Crippen molar-refractivity contribution in [3.05, 3.63) is 93.8 Å². The molecule has 1 atom stereocenters. The van der Waals surface area contributed by atoms with E-state index in [0.717, 1.165) is 17.2 Å². The first kappa shape index (κ1) is 18.7. The quantitative estimate of drug-likeness (QED) is 0.647. The molecule has 3 aromatic rings. The highest BCUT2D eigenvalue weighted by Gasteiger charge is 2.52. The average molecular weight is 398 g/mol. The van der Waals surface area contributed by atoms with E-state index in [1.807, 2.05) is 32.0 Å². The van der Waals surface area contributed by atoms with E-state index < -0.39 is 27.3 Å². The third kappa shape index (κ3) is 2.56. The lowest BCUT2D eigenvalue weighted by atomic mass is 9.76. The summed E-state index contributed by atoms with van der Waals surface area (Å²) in [4.78, 5) is 0.0582. The van der Waals surface area contributed by atoms with Crippen LogP contribution < -0.4 is 0 Å². The summed E-state index contributed by atoms with van der Waals surface area (Å²) in [5, 5.41) is 9.78. The summed E-state index contributed by atoms with van der Waals surface area (Å²) in [6, 6.07) is 14.6. The van der Waals surface area contributed by atoms with Gasteiger partial charge < -0.3 is 5.11 Å². The molecule has 0 saturated heterocycles. The molecule has 3 aromatic carbocycles. The second kappa shape index (κ2) is 6.15. The Labute approximate surface area is 163 Å². The van der Waals surface area contributed by atoms with Gasteiger partial charge in [0.05, 0.1) is 0 Å². The number of aryl methyl sites for hydroxylation is 3. The molecular weight excluding hydrogens is 379 g/mol. The molecule has 0 spiro atoms. The Morgan fingerprint density at radius 1 is 0.893 bits per heavy atom. The van der Waals surface area contributed by atoms with Gasteiger partial charge in [-0.2, -0.15) is 8.42 Å². The molecule has 0 bridgehead atoms. The SMILES string of the molecule is Cc1ccc(C2(c3cc(F)c(O)cc3C)OS(=O)(=O)c3ccccc32)c(C)c1. The fourth-order valence-corrected chi connectivity index (χ4v) is 5.42. The predicted octanol–water partition coefficient (Wildman–Crippen LogP) is 4.47. The van der Waals surface area contributed by atoms with Gasteiger partial charge in [-0.25, -0.2) is 8.57 Å². The van der Waals surface area contributed by atoms with Crippen molar-refractivity contribution in [2.45, 2.75) is 31.3 Å². The number of phenols is 1. The van der Waals surface area contributed by atoms with Crippen LogP contribution in [0.25, 0.3) is 0 Å². The Bertz CT molecular complexity index is 1220. The van der Waals surface area contributed by atoms with E-state index in [-0.39, 0.29) is 4.90 Å². The van der Waals surface area contributed by atoms with Crippen molar-refractivity contribution < 1.29 is 22.1 Å². The normalized spacial score (nSPS) is 20.1. The number of hydrogen-bond acceptors (Lipinski definition) is 4. The summed E-state index contributed by atoms with van der Waals surface area (Å²) in [5.41, 5.74) is 2.19. The molecule has 1 aliphatic heterocycles. The fraction of sp³-hybridized carbons (Fsp3) is 0.182. The van der Waals surface area contributed by atoms with Crippen LogP contribution in [0.15, 0.2) is 59.5 Å². The van der Waals surface area contributed by atoms with Gasteiger partial charge >= 0.3 is 0 Å². The molecule has 1 aliphatic rings. The zero-order valence-electron chi connectivity index (χ0n) is 15.7. The number of benzene rings is 3. The maximum atomic E-state index is 14.4. The zero-order chi connectivity index (χ0) is 20.3. The molecule has 4 rings (SSSR count). The van der Waals surface area contributed by atoms with Crippen LogP contribution in [-0.2, 0) is 19.9 Å². The lowest BCUT2D eigenvalue weighted by molar-refractivity contribution is 0.178. The molecule has 4 nitrogen and oxygen atoms in total. The van der Waals surface area contributed by atoms with Gasteiger partial charge in [-0.15, -0.1) is 0 Å². The number of rotatable bonds is 2. The van der Waals surface area contributed by atoms with Crippen molar-refractivity contribution >= 4 is 10.1 Å². The van der Waals surface area contributed by atoms with E-state index in [0.29, 0.717) is 22.3 Å². The highest BCUT2D eigenvalue weighted by molar-refractivity contribution is 7.87. The molecule has 28 heavy (non-hydrogen) atoms. The Morgan fingerprint density at radius 3 is 2.29 bits per heavy atom. The summed E-state index contributed by atoms with van der Waals surface area (Å²) in [6.45, 7) is 5.50. The van der Waals surface area contributed by atoms with Crippen LogP contribution >= 0.6 is 0 Å². The molecule has 1 unspecified atom stereocenters. The molecule has 144 valence electrons. The Hall–Kier alpha value is -2.70. The standard InChI is InChI=1S/C22H19FO4S/c1-13-8-9-16(14(2)10-13)22(18-12-19(23)20(24)11-15(18)3)17-6-4-5-7-21(17)28(25,26)27-22/h4-12,24H,1-3H3. The summed E-state index contributed by atoms with van der Waals surface area (Å²) in [5.74, 6) is -1.33. The highest BCUT2D eigenvalue weighted by atomic mass is 32.2. The topological polar surface area (TPSA) is 63.6 Å². The first-order valence-corrected chi connectivity index (χ1v) is 10.2. The van der Waals surface area contributed by atoms with E-state index in [1.54, 1.807) is 25.1 Å².